The van der Waals surface area contributed by atoms with E-state index < -0.39 is 0 Å². The van der Waals surface area contributed by atoms with Gasteiger partial charge in [-0.2, -0.15) is 0 Å². The normalized spacial score (nSPS) is 10.7. The van der Waals surface area contributed by atoms with E-state index in [1.54, 1.807) is 0 Å². The van der Waals surface area contributed by atoms with Crippen LogP contribution in [0, 0.1) is 13.8 Å². The molecule has 1 heterocycles. The molecule has 2 aromatic rings. The minimum absolute atomic E-state index is 0.492. The topological polar surface area (TPSA) is 12.9 Å². The zero-order valence-electron chi connectivity index (χ0n) is 6.59. The summed E-state index contributed by atoms with van der Waals surface area (Å²) in [5.41, 5.74) is 3.89. The summed E-state index contributed by atoms with van der Waals surface area (Å²) < 4.78 is 1.44. The van der Waals surface area contributed by atoms with Gasteiger partial charge in [-0.25, -0.2) is 0 Å². The molecule has 2 heteroatoms. The van der Waals surface area contributed by atoms with Crippen LogP contribution >= 0.6 is 0 Å². The van der Waals surface area contributed by atoms with Crippen LogP contribution in [0.3, 0.4) is 0 Å². The van der Waals surface area contributed by atoms with Crippen molar-refractivity contribution in [2.75, 3.05) is 0 Å². The van der Waals surface area contributed by atoms with Gasteiger partial charge < -0.3 is 0 Å². The van der Waals surface area contributed by atoms with E-state index in [0.29, 0.717) is 14.5 Å². The van der Waals surface area contributed by atoms with E-state index in [4.69, 9.17) is 0 Å². The Morgan fingerprint density at radius 1 is 1.27 bits per heavy atom. The van der Waals surface area contributed by atoms with Crippen molar-refractivity contribution in [2.45, 2.75) is 13.8 Å². The van der Waals surface area contributed by atoms with Gasteiger partial charge in [0.2, 0.25) is 0 Å². The summed E-state index contributed by atoms with van der Waals surface area (Å²) in [4.78, 5) is 4.34. The molecule has 0 bridgehead atoms. The van der Waals surface area contributed by atoms with Gasteiger partial charge in [0.05, 0.1) is 0 Å². The Hall–Kier alpha value is -0.591. The molecule has 0 saturated carbocycles. The quantitative estimate of drug-likeness (QED) is 0.605. The van der Waals surface area contributed by atoms with Crippen LogP contribution < -0.4 is 0 Å². The zero-order chi connectivity index (χ0) is 7.84. The van der Waals surface area contributed by atoms with Crippen molar-refractivity contribution in [3.8, 4) is 0 Å². The molecule has 0 aliphatic heterocycles. The molecule has 56 valence electrons. The monoisotopic (exact) mass is 211 g/mol. The number of hydrogen-bond acceptors (Lipinski definition) is 1. The Balaban J connectivity index is 2.91. The SMILES string of the molecule is Cc1cc(C)c2nc[se]c2c1. The summed E-state index contributed by atoms with van der Waals surface area (Å²) in [6, 6.07) is 4.44. The van der Waals surface area contributed by atoms with Crippen molar-refractivity contribution in [1.82, 2.24) is 4.98 Å². The van der Waals surface area contributed by atoms with Crippen LogP contribution in [0.15, 0.2) is 17.2 Å². The minimum atomic E-state index is 0.492. The Labute approximate surface area is 71.8 Å². The van der Waals surface area contributed by atoms with Gasteiger partial charge in [-0.15, -0.1) is 0 Å². The molecule has 0 aliphatic carbocycles. The van der Waals surface area contributed by atoms with Gasteiger partial charge in [0.25, 0.3) is 0 Å². The van der Waals surface area contributed by atoms with E-state index in [0.717, 1.165) is 0 Å². The molecule has 0 saturated heterocycles. The molecule has 0 amide bonds. The molecule has 1 aromatic carbocycles. The predicted molar refractivity (Wildman–Crippen MR) is 48.2 cm³/mol. The van der Waals surface area contributed by atoms with Crippen molar-refractivity contribution >= 4 is 24.3 Å². The molecule has 1 nitrogen and oxygen atoms in total. The van der Waals surface area contributed by atoms with Gasteiger partial charge in [-0.1, -0.05) is 0 Å². The molecule has 11 heavy (non-hydrogen) atoms. The van der Waals surface area contributed by atoms with Crippen molar-refractivity contribution in [2.24, 2.45) is 0 Å². The fraction of sp³-hybridized carbons (Fsp3) is 0.222. The first kappa shape index (κ1) is 7.08. The zero-order valence-corrected chi connectivity index (χ0v) is 8.30. The maximum atomic E-state index is 4.34. The number of benzene rings is 1. The summed E-state index contributed by atoms with van der Waals surface area (Å²) in [5, 5.41) is 2.05. The van der Waals surface area contributed by atoms with E-state index in [-0.39, 0.29) is 0 Å². The van der Waals surface area contributed by atoms with Gasteiger partial charge in [-0.3, -0.25) is 0 Å². The fourth-order valence-corrected chi connectivity index (χ4v) is 3.10. The third kappa shape index (κ3) is 1.13. The Bertz CT molecular complexity index is 389. The standard InChI is InChI=1S/C9H9NSe/c1-6-3-7(2)9-8(4-6)11-5-10-9/h3-5H,1-2H3. The molecule has 0 fully saturated rings. The summed E-state index contributed by atoms with van der Waals surface area (Å²) in [6.45, 7) is 4.27. The molecule has 2 rings (SSSR count). The molecule has 0 N–H and O–H groups in total. The van der Waals surface area contributed by atoms with Crippen molar-refractivity contribution < 1.29 is 0 Å². The number of aromatic nitrogens is 1. The first-order chi connectivity index (χ1) is 5.27. The predicted octanol–water partition coefficient (Wildman–Crippen LogP) is 1.91. The summed E-state index contributed by atoms with van der Waals surface area (Å²) in [5.74, 6) is 0. The molecular formula is C9H9NSe. The number of aryl methyl sites for hydroxylation is 2. The van der Waals surface area contributed by atoms with Gasteiger partial charge >= 0.3 is 71.4 Å². The van der Waals surface area contributed by atoms with Crippen LogP contribution in [0.25, 0.3) is 9.78 Å². The van der Waals surface area contributed by atoms with Crippen molar-refractivity contribution in [3.63, 3.8) is 0 Å². The van der Waals surface area contributed by atoms with Gasteiger partial charge in [0.15, 0.2) is 0 Å². The third-order valence-electron chi connectivity index (χ3n) is 1.77. The van der Waals surface area contributed by atoms with Crippen LogP contribution in [-0.4, -0.2) is 19.5 Å². The number of rotatable bonds is 0. The number of fused-ring (bicyclic) bond motifs is 1. The van der Waals surface area contributed by atoms with Gasteiger partial charge in [-0.05, 0) is 0 Å². The maximum absolute atomic E-state index is 4.34. The van der Waals surface area contributed by atoms with E-state index in [1.807, 2.05) is 5.07 Å². The number of hydrogen-bond donors (Lipinski definition) is 0. The molecule has 0 aliphatic rings. The molecule has 1 aromatic heterocycles. The Morgan fingerprint density at radius 3 is 2.91 bits per heavy atom. The Kier molecular flexibility index (Phi) is 1.59. The molecule has 0 radical (unpaired) electrons. The van der Waals surface area contributed by atoms with Crippen LogP contribution in [0.5, 0.6) is 0 Å². The van der Waals surface area contributed by atoms with Crippen LogP contribution in [0.4, 0.5) is 0 Å². The van der Waals surface area contributed by atoms with Crippen molar-refractivity contribution in [1.29, 1.82) is 0 Å². The summed E-state index contributed by atoms with van der Waals surface area (Å²) in [7, 11) is 0. The van der Waals surface area contributed by atoms with E-state index >= 15 is 0 Å². The first-order valence-electron chi connectivity index (χ1n) is 3.58. The van der Waals surface area contributed by atoms with E-state index in [2.05, 4.69) is 31.0 Å². The third-order valence-corrected chi connectivity index (χ3v) is 3.40. The average molecular weight is 210 g/mol. The van der Waals surface area contributed by atoms with Crippen LogP contribution in [0.2, 0.25) is 0 Å². The second kappa shape index (κ2) is 2.47. The van der Waals surface area contributed by atoms with Crippen LogP contribution in [0.1, 0.15) is 11.1 Å². The second-order valence-corrected chi connectivity index (χ2v) is 4.64. The van der Waals surface area contributed by atoms with Crippen LogP contribution in [-0.2, 0) is 0 Å². The molecular weight excluding hydrogens is 201 g/mol. The van der Waals surface area contributed by atoms with Crippen molar-refractivity contribution in [3.05, 3.63) is 28.3 Å². The number of nitrogens with zero attached hydrogens (tertiary/aromatic N) is 1. The van der Waals surface area contributed by atoms with E-state index in [1.165, 1.54) is 20.9 Å². The van der Waals surface area contributed by atoms with Gasteiger partial charge in [0, 0.05) is 0 Å². The average Bonchev–Trinajstić information content (AvgIpc) is 2.34. The second-order valence-electron chi connectivity index (χ2n) is 2.78. The molecule has 0 spiro atoms. The molecule has 0 unspecified atom stereocenters. The first-order valence-corrected chi connectivity index (χ1v) is 5.42. The van der Waals surface area contributed by atoms with Gasteiger partial charge in [0.1, 0.15) is 0 Å². The summed E-state index contributed by atoms with van der Waals surface area (Å²) in [6.07, 6.45) is 0. The molecule has 0 atom stereocenters. The Morgan fingerprint density at radius 2 is 2.09 bits per heavy atom. The van der Waals surface area contributed by atoms with E-state index in [9.17, 15) is 0 Å². The fourth-order valence-electron chi connectivity index (χ4n) is 1.31. The summed E-state index contributed by atoms with van der Waals surface area (Å²) >= 11 is 0.492.